The van der Waals surface area contributed by atoms with E-state index >= 15 is 0 Å². The number of imidazole rings is 1. The van der Waals surface area contributed by atoms with Crippen molar-refractivity contribution >= 4 is 5.97 Å². The van der Waals surface area contributed by atoms with Crippen molar-refractivity contribution < 1.29 is 9.53 Å². The van der Waals surface area contributed by atoms with E-state index in [1.54, 1.807) is 17.8 Å². The Bertz CT molecular complexity index is 347. The molecule has 16 heavy (non-hydrogen) atoms. The highest BCUT2D eigenvalue weighted by Crippen LogP contribution is 2.06. The molecule has 0 saturated heterocycles. The molecule has 2 N–H and O–H groups in total. The Hall–Kier alpha value is -1.36. The van der Waals surface area contributed by atoms with Crippen LogP contribution in [0, 0.1) is 5.92 Å². The van der Waals surface area contributed by atoms with E-state index < -0.39 is 0 Å². The Labute approximate surface area is 95.6 Å². The third-order valence-electron chi connectivity index (χ3n) is 2.46. The topological polar surface area (TPSA) is 70.1 Å². The van der Waals surface area contributed by atoms with Gasteiger partial charge in [-0.25, -0.2) is 9.78 Å². The maximum atomic E-state index is 11.6. The summed E-state index contributed by atoms with van der Waals surface area (Å²) < 4.78 is 6.67. The number of nitrogens with two attached hydrogens (primary N) is 1. The molecule has 0 saturated carbocycles. The van der Waals surface area contributed by atoms with E-state index in [0.29, 0.717) is 24.8 Å². The van der Waals surface area contributed by atoms with Gasteiger partial charge in [0.25, 0.3) is 0 Å². The van der Waals surface area contributed by atoms with Gasteiger partial charge >= 0.3 is 5.97 Å². The SMILES string of the molecule is CCOC(=O)c1cncn1CC(N)C(C)C. The first kappa shape index (κ1) is 12.7. The first-order valence-corrected chi connectivity index (χ1v) is 5.49. The van der Waals surface area contributed by atoms with Crippen molar-refractivity contribution in [3.05, 3.63) is 18.2 Å². The average molecular weight is 225 g/mol. The molecule has 0 aromatic carbocycles. The normalized spacial score (nSPS) is 12.8. The number of carbonyl (C=O) groups excluding carboxylic acids is 1. The van der Waals surface area contributed by atoms with Crippen molar-refractivity contribution in [1.29, 1.82) is 0 Å². The van der Waals surface area contributed by atoms with Gasteiger partial charge in [0, 0.05) is 12.6 Å². The highest BCUT2D eigenvalue weighted by Gasteiger charge is 2.16. The minimum absolute atomic E-state index is 0.00220. The van der Waals surface area contributed by atoms with Crippen LogP contribution in [0.15, 0.2) is 12.5 Å². The average Bonchev–Trinajstić information content (AvgIpc) is 2.66. The molecule has 1 aromatic rings. The zero-order valence-corrected chi connectivity index (χ0v) is 10.0. The molecule has 0 amide bonds. The van der Waals surface area contributed by atoms with Crippen molar-refractivity contribution in [3.8, 4) is 0 Å². The Kier molecular flexibility index (Phi) is 4.49. The molecule has 0 radical (unpaired) electrons. The van der Waals surface area contributed by atoms with E-state index in [1.165, 1.54) is 6.20 Å². The van der Waals surface area contributed by atoms with E-state index in [2.05, 4.69) is 4.98 Å². The summed E-state index contributed by atoms with van der Waals surface area (Å²) in [5.74, 6) is 0.00778. The van der Waals surface area contributed by atoms with E-state index in [9.17, 15) is 4.79 Å². The smallest absolute Gasteiger partial charge is 0.356 e. The number of rotatable bonds is 5. The van der Waals surface area contributed by atoms with Gasteiger partial charge in [0.1, 0.15) is 5.69 Å². The fourth-order valence-electron chi connectivity index (χ4n) is 1.28. The summed E-state index contributed by atoms with van der Waals surface area (Å²) in [5, 5.41) is 0. The standard InChI is InChI=1S/C11H19N3O2/c1-4-16-11(15)10-5-13-7-14(10)6-9(12)8(2)3/h5,7-9H,4,6,12H2,1-3H3. The summed E-state index contributed by atoms with van der Waals surface area (Å²) in [5.41, 5.74) is 6.41. The van der Waals surface area contributed by atoms with Crippen LogP contribution in [0.3, 0.4) is 0 Å². The number of hydrogen-bond donors (Lipinski definition) is 1. The number of aromatic nitrogens is 2. The van der Waals surface area contributed by atoms with Crippen LogP contribution in [0.2, 0.25) is 0 Å². The van der Waals surface area contributed by atoms with Crippen molar-refractivity contribution in [2.24, 2.45) is 11.7 Å². The summed E-state index contributed by atoms with van der Waals surface area (Å²) in [4.78, 5) is 15.5. The number of ether oxygens (including phenoxy) is 1. The van der Waals surface area contributed by atoms with E-state index in [0.717, 1.165) is 0 Å². The zero-order chi connectivity index (χ0) is 12.1. The van der Waals surface area contributed by atoms with Crippen LogP contribution in [-0.4, -0.2) is 28.2 Å². The zero-order valence-electron chi connectivity index (χ0n) is 10.0. The number of nitrogens with zero attached hydrogens (tertiary/aromatic N) is 2. The molecule has 0 spiro atoms. The molecule has 1 heterocycles. The van der Waals surface area contributed by atoms with Gasteiger partial charge in [-0.1, -0.05) is 13.8 Å². The van der Waals surface area contributed by atoms with Crippen LogP contribution < -0.4 is 5.73 Å². The van der Waals surface area contributed by atoms with Crippen LogP contribution >= 0.6 is 0 Å². The minimum Gasteiger partial charge on any atom is -0.461 e. The maximum absolute atomic E-state index is 11.6. The lowest BCUT2D eigenvalue weighted by molar-refractivity contribution is 0.0513. The molecule has 0 aliphatic heterocycles. The van der Waals surface area contributed by atoms with Crippen molar-refractivity contribution in [2.75, 3.05) is 6.61 Å². The summed E-state index contributed by atoms with van der Waals surface area (Å²) in [6.07, 6.45) is 3.11. The molecule has 0 aliphatic rings. The molecule has 0 bridgehead atoms. The van der Waals surface area contributed by atoms with E-state index in [4.69, 9.17) is 10.5 Å². The van der Waals surface area contributed by atoms with E-state index in [1.807, 2.05) is 13.8 Å². The number of esters is 1. The molecular weight excluding hydrogens is 206 g/mol. The molecule has 1 rings (SSSR count). The van der Waals surface area contributed by atoms with Crippen molar-refractivity contribution in [3.63, 3.8) is 0 Å². The van der Waals surface area contributed by atoms with E-state index in [-0.39, 0.29) is 12.0 Å². The molecule has 5 nitrogen and oxygen atoms in total. The summed E-state index contributed by atoms with van der Waals surface area (Å²) in [6.45, 7) is 6.81. The van der Waals surface area contributed by atoms with Crippen LogP contribution in [0.5, 0.6) is 0 Å². The predicted molar refractivity (Wildman–Crippen MR) is 61.0 cm³/mol. The summed E-state index contributed by atoms with van der Waals surface area (Å²) in [7, 11) is 0. The predicted octanol–water partition coefficient (Wildman–Crippen LogP) is 1.04. The van der Waals surface area contributed by atoms with Crippen molar-refractivity contribution in [1.82, 2.24) is 9.55 Å². The second kappa shape index (κ2) is 5.65. The van der Waals surface area contributed by atoms with Gasteiger partial charge < -0.3 is 15.0 Å². The van der Waals surface area contributed by atoms with Crippen LogP contribution in [-0.2, 0) is 11.3 Å². The fourth-order valence-corrected chi connectivity index (χ4v) is 1.28. The van der Waals surface area contributed by atoms with Gasteiger partial charge in [0.05, 0.1) is 19.1 Å². The van der Waals surface area contributed by atoms with Crippen LogP contribution in [0.4, 0.5) is 0 Å². The summed E-state index contributed by atoms with van der Waals surface area (Å²) >= 11 is 0. The lowest BCUT2D eigenvalue weighted by Crippen LogP contribution is -2.32. The van der Waals surface area contributed by atoms with Gasteiger partial charge in [0.2, 0.25) is 0 Å². The van der Waals surface area contributed by atoms with Crippen LogP contribution in [0.25, 0.3) is 0 Å². The Morgan fingerprint density at radius 1 is 1.62 bits per heavy atom. The summed E-state index contributed by atoms with van der Waals surface area (Å²) in [6, 6.07) is 0.00220. The monoisotopic (exact) mass is 225 g/mol. The lowest BCUT2D eigenvalue weighted by Gasteiger charge is -2.17. The molecule has 0 fully saturated rings. The van der Waals surface area contributed by atoms with Gasteiger partial charge in [0.15, 0.2) is 0 Å². The second-order valence-electron chi connectivity index (χ2n) is 4.06. The highest BCUT2D eigenvalue weighted by atomic mass is 16.5. The Balaban J connectivity index is 2.74. The van der Waals surface area contributed by atoms with Crippen LogP contribution in [0.1, 0.15) is 31.3 Å². The molecule has 1 unspecified atom stereocenters. The maximum Gasteiger partial charge on any atom is 0.356 e. The first-order chi connectivity index (χ1) is 7.56. The molecule has 1 atom stereocenters. The molecular formula is C11H19N3O2. The molecule has 5 heteroatoms. The Morgan fingerprint density at radius 2 is 2.31 bits per heavy atom. The lowest BCUT2D eigenvalue weighted by atomic mass is 10.1. The first-order valence-electron chi connectivity index (χ1n) is 5.49. The molecule has 90 valence electrons. The fraction of sp³-hybridized carbons (Fsp3) is 0.636. The quantitative estimate of drug-likeness (QED) is 0.760. The Morgan fingerprint density at radius 3 is 2.88 bits per heavy atom. The number of carbonyl (C=O) groups is 1. The van der Waals surface area contributed by atoms with Gasteiger partial charge in [-0.2, -0.15) is 0 Å². The minimum atomic E-state index is -0.351. The largest absolute Gasteiger partial charge is 0.461 e. The number of hydrogen-bond acceptors (Lipinski definition) is 4. The van der Waals surface area contributed by atoms with Gasteiger partial charge in [-0.05, 0) is 12.8 Å². The van der Waals surface area contributed by atoms with Crippen molar-refractivity contribution in [2.45, 2.75) is 33.4 Å². The highest BCUT2D eigenvalue weighted by molar-refractivity contribution is 5.87. The van der Waals surface area contributed by atoms with Gasteiger partial charge in [-0.3, -0.25) is 0 Å². The third-order valence-corrected chi connectivity index (χ3v) is 2.46. The molecule has 0 aliphatic carbocycles. The third kappa shape index (κ3) is 3.06. The van der Waals surface area contributed by atoms with Gasteiger partial charge in [-0.15, -0.1) is 0 Å². The second-order valence-corrected chi connectivity index (χ2v) is 4.06. The molecule has 1 aromatic heterocycles.